The molecule has 0 amide bonds. The van der Waals surface area contributed by atoms with Crippen molar-refractivity contribution in [3.63, 3.8) is 0 Å². The fraction of sp³-hybridized carbons (Fsp3) is 0.385. The molecule has 0 saturated carbocycles. The summed E-state index contributed by atoms with van der Waals surface area (Å²) in [6.07, 6.45) is 0. The van der Waals surface area contributed by atoms with Gasteiger partial charge in [-0.15, -0.1) is 10.2 Å². The Bertz CT molecular complexity index is 554. The molecule has 114 valence electrons. The largest absolute Gasteiger partial charge is 0.493 e. The van der Waals surface area contributed by atoms with E-state index in [9.17, 15) is 0 Å². The molecular weight excluding hydrogens is 330 g/mol. The Hall–Kier alpha value is -1.02. The second-order valence-corrected chi connectivity index (χ2v) is 6.70. The zero-order valence-electron chi connectivity index (χ0n) is 11.5. The third kappa shape index (κ3) is 6.09. The third-order valence-electron chi connectivity index (χ3n) is 2.36. The normalized spacial score (nSPS) is 10.6. The average molecular weight is 346 g/mol. The van der Waals surface area contributed by atoms with E-state index >= 15 is 0 Å². The number of rotatable bonds is 9. The van der Waals surface area contributed by atoms with Crippen molar-refractivity contribution in [2.45, 2.75) is 4.34 Å². The van der Waals surface area contributed by atoms with Gasteiger partial charge in [-0.2, -0.15) is 0 Å². The molecule has 5 nitrogen and oxygen atoms in total. The summed E-state index contributed by atoms with van der Waals surface area (Å²) in [5.74, 6) is 1.58. The lowest BCUT2D eigenvalue weighted by atomic mass is 10.3. The molecule has 0 aliphatic rings. The highest BCUT2D eigenvalue weighted by atomic mass is 35.5. The average Bonchev–Trinajstić information content (AvgIpc) is 2.92. The van der Waals surface area contributed by atoms with Crippen LogP contribution in [0, 0.1) is 0 Å². The van der Waals surface area contributed by atoms with Gasteiger partial charge in [0.25, 0.3) is 0 Å². The van der Waals surface area contributed by atoms with Crippen molar-refractivity contribution >= 4 is 39.8 Å². The van der Waals surface area contributed by atoms with E-state index in [1.54, 1.807) is 24.9 Å². The lowest BCUT2D eigenvalue weighted by molar-refractivity contribution is 0.211. The zero-order valence-corrected chi connectivity index (χ0v) is 13.9. The second kappa shape index (κ2) is 9.09. The summed E-state index contributed by atoms with van der Waals surface area (Å²) in [4.78, 5) is 0. The molecule has 0 aliphatic carbocycles. The first kappa shape index (κ1) is 16.4. The lowest BCUT2D eigenvalue weighted by Gasteiger charge is -2.04. The Morgan fingerprint density at radius 1 is 1.33 bits per heavy atom. The zero-order chi connectivity index (χ0) is 14.9. The van der Waals surface area contributed by atoms with Crippen molar-refractivity contribution in [3.8, 4) is 5.75 Å². The Kier molecular flexibility index (Phi) is 7.08. The van der Waals surface area contributed by atoms with Gasteiger partial charge in [0.1, 0.15) is 5.75 Å². The summed E-state index contributed by atoms with van der Waals surface area (Å²) in [6, 6.07) is 7.38. The Morgan fingerprint density at radius 3 is 3.05 bits per heavy atom. The van der Waals surface area contributed by atoms with Crippen molar-refractivity contribution < 1.29 is 9.47 Å². The number of hydrogen-bond donors (Lipinski definition) is 1. The number of thioether (sulfide) groups is 1. The number of ether oxygens (including phenoxy) is 2. The maximum absolute atomic E-state index is 5.89. The molecule has 0 aliphatic heterocycles. The van der Waals surface area contributed by atoms with Gasteiger partial charge in [-0.05, 0) is 18.2 Å². The highest BCUT2D eigenvalue weighted by Gasteiger charge is 2.04. The molecule has 8 heteroatoms. The fourth-order valence-corrected chi connectivity index (χ4v) is 3.29. The highest BCUT2D eigenvalue weighted by molar-refractivity contribution is 8.01. The van der Waals surface area contributed by atoms with Gasteiger partial charge >= 0.3 is 0 Å². The van der Waals surface area contributed by atoms with Crippen molar-refractivity contribution in [1.82, 2.24) is 10.2 Å². The van der Waals surface area contributed by atoms with E-state index in [0.29, 0.717) is 18.2 Å². The molecule has 1 aromatic carbocycles. The minimum atomic E-state index is 0.594. The summed E-state index contributed by atoms with van der Waals surface area (Å²) < 4.78 is 11.5. The van der Waals surface area contributed by atoms with E-state index in [1.807, 2.05) is 18.2 Å². The van der Waals surface area contributed by atoms with E-state index in [4.69, 9.17) is 21.1 Å². The summed E-state index contributed by atoms with van der Waals surface area (Å²) in [7, 11) is 1.67. The van der Waals surface area contributed by atoms with E-state index in [1.165, 1.54) is 11.3 Å². The molecule has 0 unspecified atom stereocenters. The van der Waals surface area contributed by atoms with Gasteiger partial charge in [0.2, 0.25) is 5.13 Å². The Morgan fingerprint density at radius 2 is 2.24 bits per heavy atom. The first-order chi connectivity index (χ1) is 10.3. The summed E-state index contributed by atoms with van der Waals surface area (Å²) in [5, 5.41) is 12.8. The molecule has 1 heterocycles. The van der Waals surface area contributed by atoms with Gasteiger partial charge in [-0.1, -0.05) is 40.8 Å². The summed E-state index contributed by atoms with van der Waals surface area (Å²) in [5.41, 5.74) is 0. The molecule has 1 aromatic heterocycles. The third-order valence-corrected chi connectivity index (χ3v) is 4.58. The van der Waals surface area contributed by atoms with Crippen LogP contribution in [0.4, 0.5) is 5.13 Å². The first-order valence-corrected chi connectivity index (χ1v) is 8.53. The predicted octanol–water partition coefficient (Wildman–Crippen LogP) is 3.42. The van der Waals surface area contributed by atoms with Crippen molar-refractivity contribution in [2.75, 3.05) is 37.9 Å². The van der Waals surface area contributed by atoms with Crippen LogP contribution in [0.15, 0.2) is 28.6 Å². The number of anilines is 1. The van der Waals surface area contributed by atoms with Gasteiger partial charge in [0, 0.05) is 24.4 Å². The Labute approximate surface area is 137 Å². The van der Waals surface area contributed by atoms with Crippen molar-refractivity contribution in [3.05, 3.63) is 29.3 Å². The van der Waals surface area contributed by atoms with Crippen LogP contribution in [0.2, 0.25) is 5.02 Å². The van der Waals surface area contributed by atoms with Crippen LogP contribution >= 0.6 is 34.7 Å². The number of aromatic nitrogens is 2. The summed E-state index contributed by atoms with van der Waals surface area (Å²) >= 11 is 9.04. The Balaban J connectivity index is 1.66. The van der Waals surface area contributed by atoms with Crippen LogP contribution in [-0.2, 0) is 4.74 Å². The quantitative estimate of drug-likeness (QED) is 0.555. The molecule has 0 spiro atoms. The molecule has 0 radical (unpaired) electrons. The lowest BCUT2D eigenvalue weighted by Crippen LogP contribution is -2.06. The van der Waals surface area contributed by atoms with Crippen LogP contribution in [0.5, 0.6) is 5.75 Å². The highest BCUT2D eigenvalue weighted by Crippen LogP contribution is 2.25. The topological polar surface area (TPSA) is 56.3 Å². The molecule has 21 heavy (non-hydrogen) atoms. The number of nitrogens with one attached hydrogen (secondary N) is 1. The van der Waals surface area contributed by atoms with Crippen LogP contribution in [0.3, 0.4) is 0 Å². The molecular formula is C13H16ClN3O2S2. The number of halogens is 1. The van der Waals surface area contributed by atoms with Gasteiger partial charge < -0.3 is 14.8 Å². The van der Waals surface area contributed by atoms with Crippen LogP contribution in [-0.4, -0.2) is 42.8 Å². The molecule has 2 rings (SSSR count). The molecule has 0 saturated heterocycles. The molecule has 0 atom stereocenters. The standard InChI is InChI=1S/C13H16ClN3O2S2/c1-18-6-5-15-12-16-17-13(21-12)20-8-7-19-11-4-2-3-10(14)9-11/h2-4,9H,5-8H2,1H3,(H,15,16). The number of hydrogen-bond acceptors (Lipinski definition) is 7. The van der Waals surface area contributed by atoms with E-state index < -0.39 is 0 Å². The molecule has 0 bridgehead atoms. The van der Waals surface area contributed by atoms with E-state index in [0.717, 1.165) is 27.5 Å². The first-order valence-electron chi connectivity index (χ1n) is 6.35. The van der Waals surface area contributed by atoms with Gasteiger partial charge in [0.15, 0.2) is 4.34 Å². The number of nitrogens with zero attached hydrogens (tertiary/aromatic N) is 2. The monoisotopic (exact) mass is 345 g/mol. The van der Waals surface area contributed by atoms with Gasteiger partial charge in [0.05, 0.1) is 13.2 Å². The van der Waals surface area contributed by atoms with Gasteiger partial charge in [-0.25, -0.2) is 0 Å². The van der Waals surface area contributed by atoms with E-state index in [2.05, 4.69) is 15.5 Å². The SMILES string of the molecule is COCCNc1nnc(SCCOc2cccc(Cl)c2)s1. The number of benzene rings is 1. The number of methoxy groups -OCH3 is 1. The maximum atomic E-state index is 5.89. The fourth-order valence-electron chi connectivity index (χ4n) is 1.44. The van der Waals surface area contributed by atoms with Crippen molar-refractivity contribution in [1.29, 1.82) is 0 Å². The van der Waals surface area contributed by atoms with Crippen LogP contribution < -0.4 is 10.1 Å². The van der Waals surface area contributed by atoms with Crippen LogP contribution in [0.1, 0.15) is 0 Å². The minimum Gasteiger partial charge on any atom is -0.493 e. The van der Waals surface area contributed by atoms with Crippen molar-refractivity contribution in [2.24, 2.45) is 0 Å². The van der Waals surface area contributed by atoms with Crippen LogP contribution in [0.25, 0.3) is 0 Å². The smallest absolute Gasteiger partial charge is 0.206 e. The maximum Gasteiger partial charge on any atom is 0.206 e. The predicted molar refractivity (Wildman–Crippen MR) is 87.9 cm³/mol. The molecule has 2 aromatic rings. The minimum absolute atomic E-state index is 0.594. The summed E-state index contributed by atoms with van der Waals surface area (Å²) in [6.45, 7) is 1.97. The molecule has 1 N–H and O–H groups in total. The second-order valence-electron chi connectivity index (χ2n) is 3.95. The molecule has 0 fully saturated rings. The van der Waals surface area contributed by atoms with E-state index in [-0.39, 0.29) is 0 Å². The van der Waals surface area contributed by atoms with Gasteiger partial charge in [-0.3, -0.25) is 0 Å².